The molecule has 100 valence electrons. The molecule has 0 aliphatic carbocycles. The summed E-state index contributed by atoms with van der Waals surface area (Å²) in [5.74, 6) is 0. The molecule has 1 aromatic rings. The van der Waals surface area contributed by atoms with E-state index in [9.17, 15) is 4.79 Å². The molecule has 0 N–H and O–H groups in total. The summed E-state index contributed by atoms with van der Waals surface area (Å²) in [7, 11) is 0. The molecule has 0 spiro atoms. The summed E-state index contributed by atoms with van der Waals surface area (Å²) >= 11 is 0. The number of unbranched alkanes of at least 4 members (excludes halogenated alkanes) is 2. The molecular weight excluding hydrogens is 226 g/mol. The summed E-state index contributed by atoms with van der Waals surface area (Å²) in [5.41, 5.74) is 0.910. The summed E-state index contributed by atoms with van der Waals surface area (Å²) in [5, 5.41) is 0. The van der Waals surface area contributed by atoms with E-state index < -0.39 is 0 Å². The molecule has 0 aromatic heterocycles. The Balaban J connectivity index is 2.63. The SMILES string of the molecule is CCCCOC(=O)N(CCCC)c1ccccc1. The second-order valence-electron chi connectivity index (χ2n) is 4.31. The third kappa shape index (κ3) is 4.78. The molecule has 18 heavy (non-hydrogen) atoms. The predicted molar refractivity (Wildman–Crippen MR) is 75.0 cm³/mol. The van der Waals surface area contributed by atoms with Gasteiger partial charge in [-0.1, -0.05) is 44.9 Å². The fourth-order valence-electron chi connectivity index (χ4n) is 1.63. The van der Waals surface area contributed by atoms with Gasteiger partial charge in [-0.15, -0.1) is 0 Å². The number of carbonyl (C=O) groups excluding carboxylic acids is 1. The van der Waals surface area contributed by atoms with Crippen LogP contribution in [0.25, 0.3) is 0 Å². The average molecular weight is 249 g/mol. The Morgan fingerprint density at radius 3 is 2.39 bits per heavy atom. The normalized spacial score (nSPS) is 10.1. The van der Waals surface area contributed by atoms with E-state index in [-0.39, 0.29) is 6.09 Å². The van der Waals surface area contributed by atoms with Crippen molar-refractivity contribution in [2.75, 3.05) is 18.1 Å². The molecule has 3 nitrogen and oxygen atoms in total. The van der Waals surface area contributed by atoms with Gasteiger partial charge in [0.25, 0.3) is 0 Å². The number of rotatable bonds is 7. The molecule has 0 aliphatic rings. The third-order valence-corrected chi connectivity index (χ3v) is 2.75. The smallest absolute Gasteiger partial charge is 0.414 e. The standard InChI is InChI=1S/C15H23NO2/c1-3-5-12-16(14-10-8-7-9-11-14)15(17)18-13-6-4-2/h7-11H,3-6,12-13H2,1-2H3. The quantitative estimate of drug-likeness (QED) is 0.677. The molecule has 0 saturated heterocycles. The highest BCUT2D eigenvalue weighted by atomic mass is 16.6. The summed E-state index contributed by atoms with van der Waals surface area (Å²) in [6.07, 6.45) is 3.77. The van der Waals surface area contributed by atoms with E-state index in [0.717, 1.165) is 31.4 Å². The first-order valence-corrected chi connectivity index (χ1v) is 6.79. The second kappa shape index (κ2) is 8.56. The van der Waals surface area contributed by atoms with Gasteiger partial charge >= 0.3 is 6.09 Å². The Bertz CT molecular complexity index is 338. The van der Waals surface area contributed by atoms with Crippen LogP contribution in [0, 0.1) is 0 Å². The van der Waals surface area contributed by atoms with Crippen molar-refractivity contribution in [2.45, 2.75) is 39.5 Å². The zero-order valence-electron chi connectivity index (χ0n) is 11.4. The fourth-order valence-corrected chi connectivity index (χ4v) is 1.63. The zero-order valence-corrected chi connectivity index (χ0v) is 11.4. The van der Waals surface area contributed by atoms with Gasteiger partial charge in [-0.3, -0.25) is 4.90 Å². The Kier molecular flexibility index (Phi) is 6.92. The summed E-state index contributed by atoms with van der Waals surface area (Å²) in [4.78, 5) is 13.7. The minimum Gasteiger partial charge on any atom is -0.449 e. The van der Waals surface area contributed by atoms with Crippen LogP contribution in [-0.2, 0) is 4.74 Å². The number of hydrogen-bond acceptors (Lipinski definition) is 2. The molecule has 0 atom stereocenters. The van der Waals surface area contributed by atoms with Gasteiger partial charge in [0.05, 0.1) is 6.61 Å². The zero-order chi connectivity index (χ0) is 13.2. The first-order valence-electron chi connectivity index (χ1n) is 6.79. The second-order valence-corrected chi connectivity index (χ2v) is 4.31. The lowest BCUT2D eigenvalue weighted by Crippen LogP contribution is -2.32. The van der Waals surface area contributed by atoms with E-state index in [1.165, 1.54) is 0 Å². The molecule has 1 rings (SSSR count). The highest BCUT2D eigenvalue weighted by molar-refractivity contribution is 5.87. The van der Waals surface area contributed by atoms with Crippen LogP contribution in [0.1, 0.15) is 39.5 Å². The van der Waals surface area contributed by atoms with Gasteiger partial charge in [-0.05, 0) is 25.0 Å². The average Bonchev–Trinajstić information content (AvgIpc) is 2.41. The fraction of sp³-hybridized carbons (Fsp3) is 0.533. The number of carbonyl (C=O) groups is 1. The molecule has 1 aromatic carbocycles. The highest BCUT2D eigenvalue weighted by Crippen LogP contribution is 2.15. The molecule has 0 aliphatic heterocycles. The van der Waals surface area contributed by atoms with Gasteiger partial charge in [0.1, 0.15) is 0 Å². The molecule has 0 radical (unpaired) electrons. The topological polar surface area (TPSA) is 29.5 Å². The van der Waals surface area contributed by atoms with Crippen LogP contribution >= 0.6 is 0 Å². The summed E-state index contributed by atoms with van der Waals surface area (Å²) in [6, 6.07) is 9.71. The molecule has 0 heterocycles. The van der Waals surface area contributed by atoms with E-state index in [1.54, 1.807) is 4.90 Å². The van der Waals surface area contributed by atoms with Gasteiger partial charge < -0.3 is 4.74 Å². The maximum absolute atomic E-state index is 12.0. The van der Waals surface area contributed by atoms with Crippen molar-refractivity contribution in [3.05, 3.63) is 30.3 Å². The van der Waals surface area contributed by atoms with Crippen LogP contribution in [0.5, 0.6) is 0 Å². The van der Waals surface area contributed by atoms with Crippen LogP contribution < -0.4 is 4.90 Å². The van der Waals surface area contributed by atoms with Gasteiger partial charge in [0.2, 0.25) is 0 Å². The van der Waals surface area contributed by atoms with Crippen LogP contribution in [0.3, 0.4) is 0 Å². The molecule has 0 saturated carbocycles. The minimum atomic E-state index is -0.233. The molecule has 0 fully saturated rings. The molecule has 1 amide bonds. The van der Waals surface area contributed by atoms with Crippen molar-refractivity contribution < 1.29 is 9.53 Å². The van der Waals surface area contributed by atoms with Crippen LogP contribution in [-0.4, -0.2) is 19.2 Å². The van der Waals surface area contributed by atoms with E-state index in [4.69, 9.17) is 4.74 Å². The highest BCUT2D eigenvalue weighted by Gasteiger charge is 2.15. The van der Waals surface area contributed by atoms with E-state index in [1.807, 2.05) is 30.3 Å². The predicted octanol–water partition coefficient (Wildman–Crippen LogP) is 4.23. The maximum Gasteiger partial charge on any atom is 0.414 e. The van der Waals surface area contributed by atoms with E-state index >= 15 is 0 Å². The number of anilines is 1. The summed E-state index contributed by atoms with van der Waals surface area (Å²) < 4.78 is 5.28. The van der Waals surface area contributed by atoms with Crippen LogP contribution in [0.2, 0.25) is 0 Å². The lowest BCUT2D eigenvalue weighted by Gasteiger charge is -2.22. The van der Waals surface area contributed by atoms with Gasteiger partial charge in [-0.25, -0.2) is 4.79 Å². The van der Waals surface area contributed by atoms with Crippen molar-refractivity contribution in [3.63, 3.8) is 0 Å². The number of ether oxygens (including phenoxy) is 1. The number of amides is 1. The summed E-state index contributed by atoms with van der Waals surface area (Å²) in [6.45, 7) is 5.42. The minimum absolute atomic E-state index is 0.233. The number of para-hydroxylation sites is 1. The molecule has 0 bridgehead atoms. The largest absolute Gasteiger partial charge is 0.449 e. The van der Waals surface area contributed by atoms with Gasteiger partial charge in [0, 0.05) is 12.2 Å². The first kappa shape index (κ1) is 14.6. The van der Waals surface area contributed by atoms with E-state index in [2.05, 4.69) is 13.8 Å². The van der Waals surface area contributed by atoms with Crippen molar-refractivity contribution in [1.29, 1.82) is 0 Å². The van der Waals surface area contributed by atoms with E-state index in [0.29, 0.717) is 13.2 Å². The van der Waals surface area contributed by atoms with Gasteiger partial charge in [-0.2, -0.15) is 0 Å². The lowest BCUT2D eigenvalue weighted by molar-refractivity contribution is 0.152. The molecule has 3 heteroatoms. The Hall–Kier alpha value is -1.51. The van der Waals surface area contributed by atoms with Gasteiger partial charge in [0.15, 0.2) is 0 Å². The van der Waals surface area contributed by atoms with Crippen LogP contribution in [0.15, 0.2) is 30.3 Å². The molecular formula is C15H23NO2. The van der Waals surface area contributed by atoms with Crippen molar-refractivity contribution in [1.82, 2.24) is 0 Å². The first-order chi connectivity index (χ1) is 8.79. The third-order valence-electron chi connectivity index (χ3n) is 2.75. The maximum atomic E-state index is 12.0. The Morgan fingerprint density at radius 2 is 1.78 bits per heavy atom. The Morgan fingerprint density at radius 1 is 1.11 bits per heavy atom. The number of benzene rings is 1. The van der Waals surface area contributed by atoms with Crippen molar-refractivity contribution >= 4 is 11.8 Å². The molecule has 0 unspecified atom stereocenters. The lowest BCUT2D eigenvalue weighted by atomic mass is 10.2. The van der Waals surface area contributed by atoms with Crippen molar-refractivity contribution in [3.8, 4) is 0 Å². The number of nitrogens with zero attached hydrogens (tertiary/aromatic N) is 1. The Labute approximate surface area is 110 Å². The van der Waals surface area contributed by atoms with Crippen molar-refractivity contribution in [2.24, 2.45) is 0 Å². The number of hydrogen-bond donors (Lipinski definition) is 0. The van der Waals surface area contributed by atoms with Crippen LogP contribution in [0.4, 0.5) is 10.5 Å². The monoisotopic (exact) mass is 249 g/mol.